The molecule has 1 saturated carbocycles. The molecule has 24 heavy (non-hydrogen) atoms. The van der Waals surface area contributed by atoms with Gasteiger partial charge < -0.3 is 11.2 Å². The van der Waals surface area contributed by atoms with E-state index in [4.69, 9.17) is 5.84 Å². The highest BCUT2D eigenvalue weighted by atomic mass is 32.2. The number of nitrogen functional groups attached to an aromatic ring is 1. The summed E-state index contributed by atoms with van der Waals surface area (Å²) in [5, 5.41) is 17.8. The fourth-order valence-electron chi connectivity index (χ4n) is 2.22. The Hall–Kier alpha value is -2.14. The Labute approximate surface area is 147 Å². The van der Waals surface area contributed by atoms with E-state index in [1.54, 1.807) is 11.6 Å². The summed E-state index contributed by atoms with van der Waals surface area (Å²) in [7, 11) is 0. The van der Waals surface area contributed by atoms with Crippen LogP contribution in [0.25, 0.3) is 0 Å². The van der Waals surface area contributed by atoms with Gasteiger partial charge in [0.25, 0.3) is 5.95 Å². The van der Waals surface area contributed by atoms with Gasteiger partial charge in [0.05, 0.1) is 5.75 Å². The van der Waals surface area contributed by atoms with Crippen molar-refractivity contribution in [2.75, 3.05) is 22.3 Å². The van der Waals surface area contributed by atoms with Gasteiger partial charge in [-0.05, 0) is 25.7 Å². The van der Waals surface area contributed by atoms with Gasteiger partial charge in [-0.3, -0.25) is 4.79 Å². The molecule has 0 saturated heterocycles. The Kier molecular flexibility index (Phi) is 5.64. The smallest absolute Gasteiger partial charge is 0.264 e. The van der Waals surface area contributed by atoms with E-state index >= 15 is 0 Å². The zero-order chi connectivity index (χ0) is 16.8. The van der Waals surface area contributed by atoms with Crippen molar-refractivity contribution in [3.8, 4) is 0 Å². The molecule has 0 aliphatic heterocycles. The molecular formula is C13H18N8OS2. The first-order valence-electron chi connectivity index (χ1n) is 7.56. The lowest BCUT2D eigenvalue weighted by Gasteiger charge is -2.12. The highest BCUT2D eigenvalue weighted by Gasteiger charge is 2.13. The number of anilines is 2. The molecule has 1 fully saturated rings. The molecule has 11 heteroatoms. The van der Waals surface area contributed by atoms with Gasteiger partial charge in [0.2, 0.25) is 11.1 Å². The molecule has 3 rings (SSSR count). The molecule has 9 nitrogen and oxygen atoms in total. The molecule has 2 aromatic heterocycles. The minimum absolute atomic E-state index is 0.170. The van der Waals surface area contributed by atoms with E-state index in [1.165, 1.54) is 47.0 Å². The van der Waals surface area contributed by atoms with Crippen LogP contribution in [-0.2, 0) is 4.79 Å². The zero-order valence-corrected chi connectivity index (χ0v) is 14.6. The highest BCUT2D eigenvalue weighted by Crippen LogP contribution is 2.19. The number of hydrogen-bond acceptors (Lipinski definition) is 9. The molecule has 1 aliphatic rings. The number of nitrogens with zero attached hydrogens (tertiary/aromatic N) is 5. The van der Waals surface area contributed by atoms with Crippen LogP contribution in [-0.4, -0.2) is 37.2 Å². The molecule has 128 valence electrons. The van der Waals surface area contributed by atoms with E-state index in [9.17, 15) is 4.79 Å². The first kappa shape index (κ1) is 16.7. The average Bonchev–Trinajstić information content (AvgIpc) is 3.22. The summed E-state index contributed by atoms with van der Waals surface area (Å²) in [4.78, 5) is 15.8. The second kappa shape index (κ2) is 8.11. The SMILES string of the molecule is Nn1c(NN=C2CCCCC2)nnc1SCC(=O)Nc1nccs1. The number of carbonyl (C=O) groups excluding carboxylic acids is 1. The number of thioether (sulfide) groups is 1. The van der Waals surface area contributed by atoms with Crippen molar-refractivity contribution < 1.29 is 4.79 Å². The Balaban J connectivity index is 1.51. The van der Waals surface area contributed by atoms with Gasteiger partial charge in [0.15, 0.2) is 5.13 Å². The van der Waals surface area contributed by atoms with Gasteiger partial charge in [-0.25, -0.2) is 15.1 Å². The summed E-state index contributed by atoms with van der Waals surface area (Å²) in [6.07, 6.45) is 7.25. The van der Waals surface area contributed by atoms with Crippen molar-refractivity contribution in [2.24, 2.45) is 5.10 Å². The molecule has 1 amide bonds. The van der Waals surface area contributed by atoms with Gasteiger partial charge in [-0.2, -0.15) is 5.10 Å². The van der Waals surface area contributed by atoms with Gasteiger partial charge in [-0.15, -0.1) is 21.5 Å². The second-order valence-electron chi connectivity index (χ2n) is 5.20. The second-order valence-corrected chi connectivity index (χ2v) is 7.04. The number of rotatable bonds is 6. The van der Waals surface area contributed by atoms with Gasteiger partial charge in [0.1, 0.15) is 0 Å². The van der Waals surface area contributed by atoms with E-state index < -0.39 is 0 Å². The summed E-state index contributed by atoms with van der Waals surface area (Å²) in [6, 6.07) is 0. The minimum Gasteiger partial charge on any atom is -0.334 e. The predicted octanol–water partition coefficient (Wildman–Crippen LogP) is 1.91. The molecule has 2 aromatic rings. The highest BCUT2D eigenvalue weighted by molar-refractivity contribution is 7.99. The molecule has 0 radical (unpaired) electrons. The third-order valence-corrected chi connectivity index (χ3v) is 5.05. The largest absolute Gasteiger partial charge is 0.334 e. The van der Waals surface area contributed by atoms with Crippen molar-refractivity contribution in [1.82, 2.24) is 19.9 Å². The molecule has 0 bridgehead atoms. The maximum Gasteiger partial charge on any atom is 0.264 e. The van der Waals surface area contributed by atoms with Crippen molar-refractivity contribution >= 4 is 45.8 Å². The van der Waals surface area contributed by atoms with Gasteiger partial charge in [0, 0.05) is 17.3 Å². The first-order valence-corrected chi connectivity index (χ1v) is 9.43. The lowest BCUT2D eigenvalue weighted by molar-refractivity contribution is -0.113. The molecule has 1 aliphatic carbocycles. The van der Waals surface area contributed by atoms with E-state index in [2.05, 4.69) is 31.0 Å². The quantitative estimate of drug-likeness (QED) is 0.405. The molecule has 4 N–H and O–H groups in total. The number of hydrogen-bond donors (Lipinski definition) is 3. The van der Waals surface area contributed by atoms with Crippen LogP contribution in [0.5, 0.6) is 0 Å². The van der Waals surface area contributed by atoms with Crippen LogP contribution in [0, 0.1) is 0 Å². The Morgan fingerprint density at radius 3 is 2.96 bits per heavy atom. The lowest BCUT2D eigenvalue weighted by Crippen LogP contribution is -2.17. The van der Waals surface area contributed by atoms with E-state index in [-0.39, 0.29) is 11.7 Å². The van der Waals surface area contributed by atoms with Crippen molar-refractivity contribution in [2.45, 2.75) is 37.3 Å². The van der Waals surface area contributed by atoms with Crippen molar-refractivity contribution in [3.05, 3.63) is 11.6 Å². The topological polar surface area (TPSA) is 123 Å². The molecular weight excluding hydrogens is 348 g/mol. The third kappa shape index (κ3) is 4.45. The predicted molar refractivity (Wildman–Crippen MR) is 95.8 cm³/mol. The summed E-state index contributed by atoms with van der Waals surface area (Å²) >= 11 is 2.57. The minimum atomic E-state index is -0.171. The number of nitrogens with two attached hydrogens (primary N) is 1. The van der Waals surface area contributed by atoms with E-state index in [0.29, 0.717) is 16.2 Å². The molecule has 0 spiro atoms. The summed E-state index contributed by atoms with van der Waals surface area (Å²) < 4.78 is 1.30. The standard InChI is InChI=1S/C13H18N8OS2/c14-21-11(18-17-9-4-2-1-3-5-9)19-20-13(21)24-8-10(22)16-12-15-6-7-23-12/h6-7H,1-5,8,14H2,(H,18,19)(H,15,16,22). The van der Waals surface area contributed by atoms with Gasteiger partial charge in [-0.1, -0.05) is 18.2 Å². The summed E-state index contributed by atoms with van der Waals surface area (Å²) in [6.45, 7) is 0. The van der Waals surface area contributed by atoms with Gasteiger partial charge >= 0.3 is 0 Å². The first-order chi connectivity index (χ1) is 11.7. The maximum atomic E-state index is 11.8. The van der Waals surface area contributed by atoms with Crippen LogP contribution in [0.3, 0.4) is 0 Å². The Bertz CT molecular complexity index is 704. The normalized spacial score (nSPS) is 14.4. The summed E-state index contributed by atoms with van der Waals surface area (Å²) in [5.41, 5.74) is 3.98. The van der Waals surface area contributed by atoms with Crippen LogP contribution in [0.2, 0.25) is 0 Å². The Morgan fingerprint density at radius 2 is 2.21 bits per heavy atom. The monoisotopic (exact) mass is 366 g/mol. The fraction of sp³-hybridized carbons (Fsp3) is 0.462. The number of carbonyl (C=O) groups is 1. The van der Waals surface area contributed by atoms with Crippen LogP contribution >= 0.6 is 23.1 Å². The van der Waals surface area contributed by atoms with Crippen LogP contribution in [0.4, 0.5) is 11.1 Å². The number of nitrogens with one attached hydrogen (secondary N) is 2. The molecule has 0 atom stereocenters. The zero-order valence-electron chi connectivity index (χ0n) is 12.9. The van der Waals surface area contributed by atoms with E-state index in [0.717, 1.165) is 18.6 Å². The number of amides is 1. The van der Waals surface area contributed by atoms with E-state index in [1.807, 2.05) is 0 Å². The number of aromatic nitrogens is 4. The third-order valence-electron chi connectivity index (χ3n) is 3.42. The average molecular weight is 366 g/mol. The van der Waals surface area contributed by atoms with Crippen LogP contribution < -0.4 is 16.6 Å². The summed E-state index contributed by atoms with van der Waals surface area (Å²) in [5.74, 6) is 6.29. The molecule has 2 heterocycles. The lowest BCUT2D eigenvalue weighted by atomic mass is 9.99. The van der Waals surface area contributed by atoms with Crippen LogP contribution in [0.1, 0.15) is 32.1 Å². The number of thiazole rings is 1. The van der Waals surface area contributed by atoms with Crippen molar-refractivity contribution in [3.63, 3.8) is 0 Å². The molecule has 0 unspecified atom stereocenters. The van der Waals surface area contributed by atoms with Crippen molar-refractivity contribution in [1.29, 1.82) is 0 Å². The molecule has 0 aromatic carbocycles. The Morgan fingerprint density at radius 1 is 1.38 bits per heavy atom. The number of hydrazone groups is 1. The fourth-order valence-corrected chi connectivity index (χ4v) is 3.42. The van der Waals surface area contributed by atoms with Crippen LogP contribution in [0.15, 0.2) is 21.8 Å². The maximum absolute atomic E-state index is 11.8.